The first-order valence-electron chi connectivity index (χ1n) is 9.10. The highest BCUT2D eigenvalue weighted by Crippen LogP contribution is 2.24. The third kappa shape index (κ3) is 3.79. The molecule has 1 N–H and O–H groups in total. The molecular formula is C20H20N6O3. The average molecular weight is 392 g/mol. The van der Waals surface area contributed by atoms with Crippen molar-refractivity contribution < 1.29 is 9.32 Å². The molecular weight excluding hydrogens is 372 g/mol. The third-order valence-electron chi connectivity index (χ3n) is 4.11. The normalized spacial score (nSPS) is 11.7. The molecule has 0 unspecified atom stereocenters. The van der Waals surface area contributed by atoms with Crippen LogP contribution in [0.15, 0.2) is 58.0 Å². The summed E-state index contributed by atoms with van der Waals surface area (Å²) >= 11 is 0. The number of fused-ring (bicyclic) bond motifs is 1. The zero-order valence-electron chi connectivity index (χ0n) is 16.3. The molecule has 29 heavy (non-hydrogen) atoms. The number of pyridine rings is 1. The quantitative estimate of drug-likeness (QED) is 0.570. The summed E-state index contributed by atoms with van der Waals surface area (Å²) in [5, 5.41) is 11.2. The van der Waals surface area contributed by atoms with Gasteiger partial charge in [-0.25, -0.2) is 13.9 Å². The third-order valence-corrected chi connectivity index (χ3v) is 4.11. The second-order valence-corrected chi connectivity index (χ2v) is 7.64. The second-order valence-electron chi connectivity index (χ2n) is 7.64. The van der Waals surface area contributed by atoms with Gasteiger partial charge in [0.2, 0.25) is 11.7 Å². The van der Waals surface area contributed by atoms with E-state index in [1.54, 1.807) is 18.3 Å². The van der Waals surface area contributed by atoms with Gasteiger partial charge in [0.25, 0.3) is 5.89 Å². The molecule has 0 aliphatic carbocycles. The molecule has 1 aromatic carbocycles. The van der Waals surface area contributed by atoms with Crippen LogP contribution in [0.3, 0.4) is 0 Å². The molecule has 0 aliphatic heterocycles. The SMILES string of the molecule is CC(C)(C)NC(=O)Cn1nc2c(-c3nc(-c4ccccc4)no3)cccn2c1=O. The highest BCUT2D eigenvalue weighted by molar-refractivity contribution is 5.77. The first kappa shape index (κ1) is 18.6. The van der Waals surface area contributed by atoms with Crippen molar-refractivity contribution in [3.05, 3.63) is 59.1 Å². The summed E-state index contributed by atoms with van der Waals surface area (Å²) in [4.78, 5) is 29.3. The van der Waals surface area contributed by atoms with Crippen molar-refractivity contribution in [3.8, 4) is 22.8 Å². The summed E-state index contributed by atoms with van der Waals surface area (Å²) in [5.41, 5.74) is 0.839. The molecule has 0 fully saturated rings. The lowest BCUT2D eigenvalue weighted by atomic mass is 10.1. The number of nitrogens with zero attached hydrogens (tertiary/aromatic N) is 5. The molecule has 3 heterocycles. The van der Waals surface area contributed by atoms with Gasteiger partial charge >= 0.3 is 5.69 Å². The molecule has 0 atom stereocenters. The Labute approximate surface area is 166 Å². The van der Waals surface area contributed by atoms with Crippen molar-refractivity contribution in [2.45, 2.75) is 32.9 Å². The van der Waals surface area contributed by atoms with E-state index in [-0.39, 0.29) is 18.3 Å². The molecule has 3 aromatic heterocycles. The van der Waals surface area contributed by atoms with E-state index >= 15 is 0 Å². The molecule has 9 nitrogen and oxygen atoms in total. The van der Waals surface area contributed by atoms with E-state index in [1.165, 1.54) is 4.40 Å². The van der Waals surface area contributed by atoms with E-state index in [2.05, 4.69) is 20.6 Å². The predicted molar refractivity (Wildman–Crippen MR) is 106 cm³/mol. The van der Waals surface area contributed by atoms with Gasteiger partial charge in [-0.15, -0.1) is 5.10 Å². The van der Waals surface area contributed by atoms with Gasteiger partial charge in [-0.2, -0.15) is 4.98 Å². The number of nitrogens with one attached hydrogen (secondary N) is 1. The van der Waals surface area contributed by atoms with Crippen LogP contribution in [0.1, 0.15) is 20.8 Å². The van der Waals surface area contributed by atoms with Gasteiger partial charge in [0.1, 0.15) is 6.54 Å². The van der Waals surface area contributed by atoms with E-state index < -0.39 is 11.2 Å². The Morgan fingerprint density at radius 3 is 2.62 bits per heavy atom. The van der Waals surface area contributed by atoms with Gasteiger partial charge in [0.15, 0.2) is 5.65 Å². The van der Waals surface area contributed by atoms with Crippen LogP contribution in [0.5, 0.6) is 0 Å². The van der Waals surface area contributed by atoms with Gasteiger partial charge in [-0.3, -0.25) is 4.79 Å². The highest BCUT2D eigenvalue weighted by atomic mass is 16.5. The van der Waals surface area contributed by atoms with Gasteiger partial charge in [0, 0.05) is 17.3 Å². The van der Waals surface area contributed by atoms with E-state index in [0.717, 1.165) is 10.2 Å². The van der Waals surface area contributed by atoms with E-state index in [1.807, 2.05) is 51.1 Å². The monoisotopic (exact) mass is 392 g/mol. The largest absolute Gasteiger partial charge is 0.350 e. The summed E-state index contributed by atoms with van der Waals surface area (Å²) in [6, 6.07) is 12.9. The van der Waals surface area contributed by atoms with Gasteiger partial charge in [-0.1, -0.05) is 35.5 Å². The number of hydrogen-bond donors (Lipinski definition) is 1. The maximum Gasteiger partial charge on any atom is 0.350 e. The Balaban J connectivity index is 1.71. The Morgan fingerprint density at radius 2 is 1.90 bits per heavy atom. The van der Waals surface area contributed by atoms with Crippen molar-refractivity contribution in [2.75, 3.05) is 0 Å². The van der Waals surface area contributed by atoms with Crippen LogP contribution in [0.2, 0.25) is 0 Å². The fourth-order valence-electron chi connectivity index (χ4n) is 2.94. The van der Waals surface area contributed by atoms with Crippen molar-refractivity contribution in [2.24, 2.45) is 0 Å². The number of rotatable bonds is 4. The van der Waals surface area contributed by atoms with Gasteiger partial charge in [0.05, 0.1) is 5.56 Å². The Bertz CT molecular complexity index is 1230. The molecule has 4 rings (SSSR count). The lowest BCUT2D eigenvalue weighted by Crippen LogP contribution is -2.43. The number of carbonyl (C=O) groups is 1. The number of aromatic nitrogens is 5. The summed E-state index contributed by atoms with van der Waals surface area (Å²) in [5.74, 6) is 0.383. The summed E-state index contributed by atoms with van der Waals surface area (Å²) < 4.78 is 7.88. The molecule has 0 aliphatic rings. The minimum absolute atomic E-state index is 0.184. The molecule has 0 bridgehead atoms. The Morgan fingerprint density at radius 1 is 1.14 bits per heavy atom. The molecule has 0 saturated heterocycles. The summed E-state index contributed by atoms with van der Waals surface area (Å²) in [6.07, 6.45) is 1.58. The highest BCUT2D eigenvalue weighted by Gasteiger charge is 2.20. The van der Waals surface area contributed by atoms with Crippen LogP contribution in [0.4, 0.5) is 0 Å². The minimum Gasteiger partial charge on any atom is -0.350 e. The van der Waals surface area contributed by atoms with Crippen LogP contribution in [-0.4, -0.2) is 35.8 Å². The Kier molecular flexibility index (Phi) is 4.50. The average Bonchev–Trinajstić information content (AvgIpc) is 3.27. The fraction of sp³-hybridized carbons (Fsp3) is 0.250. The van der Waals surface area contributed by atoms with E-state index in [0.29, 0.717) is 17.0 Å². The first-order valence-corrected chi connectivity index (χ1v) is 9.10. The van der Waals surface area contributed by atoms with Crippen LogP contribution < -0.4 is 11.0 Å². The number of hydrogen-bond acceptors (Lipinski definition) is 6. The van der Waals surface area contributed by atoms with Crippen molar-refractivity contribution in [3.63, 3.8) is 0 Å². The Hall–Kier alpha value is -3.75. The lowest BCUT2D eigenvalue weighted by molar-refractivity contribution is -0.123. The lowest BCUT2D eigenvalue weighted by Gasteiger charge is -2.20. The van der Waals surface area contributed by atoms with Gasteiger partial charge in [-0.05, 0) is 32.9 Å². The fourth-order valence-corrected chi connectivity index (χ4v) is 2.94. The molecule has 0 spiro atoms. The van der Waals surface area contributed by atoms with Gasteiger partial charge < -0.3 is 9.84 Å². The number of carbonyl (C=O) groups excluding carboxylic acids is 1. The standard InChI is InChI=1S/C20H20N6O3/c1-20(2,3)22-15(27)12-26-19(28)25-11-7-10-14(17(25)23-26)18-21-16(24-29-18)13-8-5-4-6-9-13/h4-11H,12H2,1-3H3,(H,22,27). The zero-order valence-corrected chi connectivity index (χ0v) is 16.3. The van der Waals surface area contributed by atoms with Crippen molar-refractivity contribution >= 4 is 11.6 Å². The summed E-state index contributed by atoms with van der Waals surface area (Å²) in [7, 11) is 0. The number of benzene rings is 1. The topological polar surface area (TPSA) is 107 Å². The molecule has 0 radical (unpaired) electrons. The zero-order chi connectivity index (χ0) is 20.6. The molecule has 1 amide bonds. The van der Waals surface area contributed by atoms with Crippen LogP contribution >= 0.6 is 0 Å². The molecule has 0 saturated carbocycles. The first-order chi connectivity index (χ1) is 13.8. The molecule has 9 heteroatoms. The maximum atomic E-state index is 12.7. The van der Waals surface area contributed by atoms with Crippen molar-refractivity contribution in [1.82, 2.24) is 29.6 Å². The van der Waals surface area contributed by atoms with E-state index in [4.69, 9.17) is 4.52 Å². The molecule has 148 valence electrons. The van der Waals surface area contributed by atoms with Crippen LogP contribution in [-0.2, 0) is 11.3 Å². The predicted octanol–water partition coefficient (Wildman–Crippen LogP) is 2.13. The molecule has 4 aromatic rings. The maximum absolute atomic E-state index is 12.7. The van der Waals surface area contributed by atoms with Crippen LogP contribution in [0.25, 0.3) is 28.5 Å². The van der Waals surface area contributed by atoms with E-state index in [9.17, 15) is 9.59 Å². The number of amides is 1. The van der Waals surface area contributed by atoms with Crippen molar-refractivity contribution in [1.29, 1.82) is 0 Å². The minimum atomic E-state index is -0.422. The summed E-state index contributed by atoms with van der Waals surface area (Å²) in [6.45, 7) is 5.43. The van der Waals surface area contributed by atoms with Crippen LogP contribution in [0, 0.1) is 0 Å². The smallest absolute Gasteiger partial charge is 0.350 e. The second kappa shape index (κ2) is 7.01.